The van der Waals surface area contributed by atoms with Gasteiger partial charge in [0.1, 0.15) is 44.9 Å². The van der Waals surface area contributed by atoms with Crippen LogP contribution in [0, 0.1) is 5.41 Å². The number of hydrogen-bond donors (Lipinski definition) is 0. The molecule has 2 unspecified atom stereocenters. The van der Waals surface area contributed by atoms with Gasteiger partial charge >= 0.3 is 0 Å². The van der Waals surface area contributed by atoms with Crippen LogP contribution < -0.4 is 0 Å². The second-order valence-corrected chi connectivity index (χ2v) is 34.3. The number of hydrogen-bond acceptors (Lipinski definition) is 14. The molecule has 0 saturated carbocycles. The Morgan fingerprint density at radius 3 is 1.13 bits per heavy atom. The molecule has 126 heavy (non-hydrogen) atoms. The van der Waals surface area contributed by atoms with Crippen LogP contribution >= 0.6 is 0 Å². The maximum absolute atomic E-state index is 6.84. The van der Waals surface area contributed by atoms with Crippen molar-refractivity contribution in [2.24, 2.45) is 5.41 Å². The molecule has 0 saturated heterocycles. The lowest BCUT2D eigenvalue weighted by Crippen LogP contribution is -2.36. The molecule has 8 heterocycles. The summed E-state index contributed by atoms with van der Waals surface area (Å²) < 4.78 is 19.9. The average molecular weight is 1630 g/mol. The summed E-state index contributed by atoms with van der Waals surface area (Å²) in [7, 11) is 0. The first-order valence-corrected chi connectivity index (χ1v) is 43.3. The molecular weight excluding hydrogens is 1550 g/mol. The molecule has 0 aliphatic heterocycles. The van der Waals surface area contributed by atoms with Crippen LogP contribution in [0.3, 0.4) is 0 Å². The van der Waals surface area contributed by atoms with Crippen LogP contribution in [-0.2, 0) is 16.2 Å². The summed E-state index contributed by atoms with van der Waals surface area (Å²) in [6, 6.07) is 110. The van der Waals surface area contributed by atoms with Crippen molar-refractivity contribution >= 4 is 65.8 Å². The van der Waals surface area contributed by atoms with E-state index in [0.717, 1.165) is 124 Å². The molecular formula is C112H85N11O3. The number of furan rings is 3. The van der Waals surface area contributed by atoms with Crippen molar-refractivity contribution in [2.45, 2.75) is 90.9 Å². The summed E-state index contributed by atoms with van der Waals surface area (Å²) in [5.41, 5.74) is 28.5. The molecule has 0 amide bonds. The topological polar surface area (TPSA) is 181 Å². The lowest BCUT2D eigenvalue weighted by molar-refractivity contribution is 0.255. The SMILES string of the molecule is CC(C)(C)C1(C)c2ccccc2-c2ccc3c(oc4cc(-c5nc(-c6ccccc6)nc(-c6ccccc6)n5)ccc43)c21.CCC1(C)c2ccccc2-c2cc3c(cc21)oc1cccc(-c2nc(-c4ccccc4)nc(-c4ccccc4)n2)c13.CCC1(CC)c2ccccc2-c2cc3c(cc21)oc1cccc(-c2nc(-c4ccccn4)nc(-c4ccccn4)n2)c13. The molecule has 13 aromatic carbocycles. The minimum absolute atomic E-state index is 0.0225. The number of fused-ring (bicyclic) bond motifs is 19. The summed E-state index contributed by atoms with van der Waals surface area (Å²) in [6.45, 7) is 18.5. The molecule has 3 aliphatic rings. The third kappa shape index (κ3) is 12.5. The van der Waals surface area contributed by atoms with E-state index in [1.807, 2.05) is 182 Å². The predicted molar refractivity (Wildman–Crippen MR) is 506 cm³/mol. The third-order valence-corrected chi connectivity index (χ3v) is 26.8. The Kier molecular flexibility index (Phi) is 18.4. The lowest BCUT2D eigenvalue weighted by atomic mass is 9.62. The summed E-state index contributed by atoms with van der Waals surface area (Å²) in [5, 5.41) is 6.37. The van der Waals surface area contributed by atoms with Gasteiger partial charge in [-0.25, -0.2) is 44.9 Å². The standard InChI is InChI=1S/C39H31N3O.C37H27N3O.C36H27N5O/c1-38(2,3)39(4)31-18-12-11-17-27(31)29-21-22-30-28-20-19-26(23-32(28)43-34(30)33(29)39)37-41-35(24-13-7-5-8-14-24)40-36(42-37)25-15-9-6-10-16-25;1-3-37(2)29-19-11-10-17-25(29)27-21-28-32(22-30(27)37)41-31-20-12-18-26(33(28)31)36-39-34(23-13-6-4-7-14-23)38-35(40-36)24-15-8-5-9-16-24;1-3-36(4-2)26-14-6-5-12-22(26)24-20-25-31(21-27(24)36)42-30-17-11-13-23(32(25)30)33-39-34(28-15-7-9-18-37-28)41-35(40-33)29-16-8-10-19-38-29/h5-23H,1-4H3;4-22H,3H2,1-2H3;5-21H,3-4H2,1-2H3. The van der Waals surface area contributed by atoms with Crippen LogP contribution in [0.5, 0.6) is 0 Å². The quantitative estimate of drug-likeness (QED) is 0.113. The number of nitrogens with zero attached hydrogens (tertiary/aromatic N) is 11. The molecule has 0 fully saturated rings. The molecule has 14 nitrogen and oxygen atoms in total. The molecule has 2 atom stereocenters. The van der Waals surface area contributed by atoms with Crippen LogP contribution in [0.2, 0.25) is 0 Å². The molecule has 0 spiro atoms. The van der Waals surface area contributed by atoms with Gasteiger partial charge in [0.2, 0.25) is 0 Å². The van der Waals surface area contributed by atoms with E-state index in [1.54, 1.807) is 12.4 Å². The Hall–Kier alpha value is -15.4. The summed E-state index contributed by atoms with van der Waals surface area (Å²) >= 11 is 0. The van der Waals surface area contributed by atoms with E-state index in [4.69, 9.17) is 58.1 Å². The van der Waals surface area contributed by atoms with Gasteiger partial charge in [0.25, 0.3) is 0 Å². The van der Waals surface area contributed by atoms with E-state index >= 15 is 0 Å². The number of aromatic nitrogens is 11. The minimum Gasteiger partial charge on any atom is -0.456 e. The monoisotopic (exact) mass is 1630 g/mol. The van der Waals surface area contributed by atoms with Crippen molar-refractivity contribution in [1.29, 1.82) is 0 Å². The molecule has 21 aromatic rings. The lowest BCUT2D eigenvalue weighted by Gasteiger charge is -2.40. The second-order valence-electron chi connectivity index (χ2n) is 34.3. The highest BCUT2D eigenvalue weighted by Gasteiger charge is 2.50. The van der Waals surface area contributed by atoms with Crippen LogP contribution in [-0.4, -0.2) is 54.8 Å². The van der Waals surface area contributed by atoms with E-state index in [1.165, 1.54) is 66.8 Å². The normalized spacial score (nSPS) is 15.0. The zero-order valence-electron chi connectivity index (χ0n) is 71.0. The Morgan fingerprint density at radius 1 is 0.262 bits per heavy atom. The first-order chi connectivity index (χ1) is 61.7. The fourth-order valence-electron chi connectivity index (χ4n) is 19.8. The number of benzene rings is 13. The second kappa shape index (κ2) is 30.3. The fraction of sp³-hybridized carbons (Fsp3) is 0.134. The van der Waals surface area contributed by atoms with Gasteiger partial charge in [-0.1, -0.05) is 298 Å². The molecule has 0 bridgehead atoms. The van der Waals surface area contributed by atoms with Crippen LogP contribution in [0.15, 0.2) is 347 Å². The molecule has 0 N–H and O–H groups in total. The van der Waals surface area contributed by atoms with Gasteiger partial charge in [-0.2, -0.15) is 0 Å². The first kappa shape index (κ1) is 76.7. The molecule has 3 aliphatic carbocycles. The van der Waals surface area contributed by atoms with Crippen molar-refractivity contribution in [3.05, 3.63) is 367 Å². The van der Waals surface area contributed by atoms with Gasteiger partial charge in [-0.3, -0.25) is 9.97 Å². The smallest absolute Gasteiger partial charge is 0.182 e. The predicted octanol–water partition coefficient (Wildman–Crippen LogP) is 28.2. The Balaban J connectivity index is 0.000000112. The van der Waals surface area contributed by atoms with E-state index < -0.39 is 0 Å². The van der Waals surface area contributed by atoms with E-state index in [-0.39, 0.29) is 21.7 Å². The summed E-state index contributed by atoms with van der Waals surface area (Å²) in [5.74, 6) is 5.37. The Bertz CT molecular complexity index is 7690. The van der Waals surface area contributed by atoms with Gasteiger partial charge in [0.15, 0.2) is 52.4 Å². The van der Waals surface area contributed by atoms with E-state index in [0.29, 0.717) is 63.8 Å². The highest BCUT2D eigenvalue weighted by Crippen LogP contribution is 2.61. The molecule has 14 heteroatoms. The van der Waals surface area contributed by atoms with Crippen molar-refractivity contribution in [3.63, 3.8) is 0 Å². The zero-order valence-corrected chi connectivity index (χ0v) is 71.0. The van der Waals surface area contributed by atoms with Crippen molar-refractivity contribution in [1.82, 2.24) is 54.8 Å². The van der Waals surface area contributed by atoms with Gasteiger partial charge in [-0.15, -0.1) is 0 Å². The average Bonchev–Trinajstić information content (AvgIpc) is 1.06. The zero-order chi connectivity index (χ0) is 85.2. The Labute approximate surface area is 729 Å². The van der Waals surface area contributed by atoms with Crippen LogP contribution in [0.25, 0.3) is 202 Å². The number of rotatable bonds is 12. The summed E-state index contributed by atoms with van der Waals surface area (Å²) in [6.07, 6.45) is 6.57. The highest BCUT2D eigenvalue weighted by molar-refractivity contribution is 6.16. The van der Waals surface area contributed by atoms with E-state index in [9.17, 15) is 0 Å². The number of pyridine rings is 2. The van der Waals surface area contributed by atoms with Gasteiger partial charge in [-0.05, 0) is 165 Å². The highest BCUT2D eigenvalue weighted by atomic mass is 16.3. The maximum atomic E-state index is 6.84. The van der Waals surface area contributed by atoms with Gasteiger partial charge < -0.3 is 13.3 Å². The molecule has 24 rings (SSSR count). The fourth-order valence-corrected chi connectivity index (χ4v) is 19.8. The molecule has 8 aromatic heterocycles. The van der Waals surface area contributed by atoms with E-state index in [2.05, 4.69) is 205 Å². The van der Waals surface area contributed by atoms with Crippen LogP contribution in [0.1, 0.15) is 108 Å². The molecule has 0 radical (unpaired) electrons. The maximum Gasteiger partial charge on any atom is 0.182 e. The molecule has 606 valence electrons. The Morgan fingerprint density at radius 2 is 0.651 bits per heavy atom. The van der Waals surface area contributed by atoms with Crippen LogP contribution in [0.4, 0.5) is 0 Å². The first-order valence-electron chi connectivity index (χ1n) is 43.3. The van der Waals surface area contributed by atoms with Gasteiger partial charge in [0.05, 0.1) is 0 Å². The van der Waals surface area contributed by atoms with Crippen molar-refractivity contribution in [3.8, 4) is 136 Å². The largest absolute Gasteiger partial charge is 0.456 e. The van der Waals surface area contributed by atoms with Crippen molar-refractivity contribution in [2.75, 3.05) is 0 Å². The minimum atomic E-state index is -0.210. The third-order valence-electron chi connectivity index (χ3n) is 26.8. The van der Waals surface area contributed by atoms with Crippen molar-refractivity contribution < 1.29 is 13.3 Å². The van der Waals surface area contributed by atoms with Gasteiger partial charge in [0, 0.05) is 105 Å². The summed E-state index contributed by atoms with van der Waals surface area (Å²) in [4.78, 5) is 53.3.